The highest BCUT2D eigenvalue weighted by Crippen LogP contribution is 2.18. The van der Waals surface area contributed by atoms with Gasteiger partial charge in [0.2, 0.25) is 0 Å². The van der Waals surface area contributed by atoms with Crippen molar-refractivity contribution in [2.75, 3.05) is 26.7 Å². The molecular weight excluding hydrogens is 236 g/mol. The Balaban J connectivity index is 1.98. The summed E-state index contributed by atoms with van der Waals surface area (Å²) >= 11 is 0. The van der Waals surface area contributed by atoms with Gasteiger partial charge < -0.3 is 5.11 Å². The predicted octanol–water partition coefficient (Wildman–Crippen LogP) is 1.88. The van der Waals surface area contributed by atoms with Crippen LogP contribution in [0.15, 0.2) is 24.3 Å². The molecule has 0 bridgehead atoms. The first-order valence-corrected chi connectivity index (χ1v) is 7.21. The van der Waals surface area contributed by atoms with Crippen molar-refractivity contribution in [2.24, 2.45) is 0 Å². The topological polar surface area (TPSA) is 26.7 Å². The molecule has 106 valence electrons. The van der Waals surface area contributed by atoms with Crippen molar-refractivity contribution < 1.29 is 5.11 Å². The zero-order valence-electron chi connectivity index (χ0n) is 12.3. The summed E-state index contributed by atoms with van der Waals surface area (Å²) in [6, 6.07) is 9.83. The third-order valence-corrected chi connectivity index (χ3v) is 4.25. The zero-order valence-corrected chi connectivity index (χ0v) is 12.3. The van der Waals surface area contributed by atoms with Gasteiger partial charge in [0.1, 0.15) is 0 Å². The molecule has 2 unspecified atom stereocenters. The monoisotopic (exact) mass is 262 g/mol. The Morgan fingerprint density at radius 3 is 2.53 bits per heavy atom. The maximum absolute atomic E-state index is 9.18. The summed E-state index contributed by atoms with van der Waals surface area (Å²) in [4.78, 5) is 4.91. The van der Waals surface area contributed by atoms with E-state index in [0.717, 1.165) is 26.1 Å². The van der Waals surface area contributed by atoms with E-state index >= 15 is 0 Å². The van der Waals surface area contributed by atoms with Crippen LogP contribution >= 0.6 is 0 Å². The van der Waals surface area contributed by atoms with E-state index in [1.807, 2.05) is 0 Å². The van der Waals surface area contributed by atoms with Crippen LogP contribution in [0.4, 0.5) is 0 Å². The molecule has 1 saturated heterocycles. The predicted molar refractivity (Wildman–Crippen MR) is 79.2 cm³/mol. The van der Waals surface area contributed by atoms with E-state index in [9.17, 15) is 5.11 Å². The molecule has 2 rings (SSSR count). The molecule has 1 heterocycles. The molecule has 0 spiro atoms. The lowest BCUT2D eigenvalue weighted by Crippen LogP contribution is -2.55. The molecule has 0 saturated carbocycles. The minimum Gasteiger partial charge on any atom is -0.396 e. The molecular formula is C16H26N2O. The number of nitrogens with zero attached hydrogens (tertiary/aromatic N) is 2. The van der Waals surface area contributed by atoms with Gasteiger partial charge >= 0.3 is 0 Å². The first-order chi connectivity index (χ1) is 9.10. The Hall–Kier alpha value is -0.900. The summed E-state index contributed by atoms with van der Waals surface area (Å²) in [5, 5.41) is 9.18. The van der Waals surface area contributed by atoms with Gasteiger partial charge in [-0.2, -0.15) is 0 Å². The van der Waals surface area contributed by atoms with Gasteiger partial charge in [0, 0.05) is 38.3 Å². The third-order valence-electron chi connectivity index (χ3n) is 4.25. The van der Waals surface area contributed by atoms with E-state index in [0.29, 0.717) is 12.1 Å². The van der Waals surface area contributed by atoms with Crippen molar-refractivity contribution >= 4 is 0 Å². The molecule has 0 aliphatic carbocycles. The summed E-state index contributed by atoms with van der Waals surface area (Å²) in [6.07, 6.45) is 0.866. The molecule has 19 heavy (non-hydrogen) atoms. The van der Waals surface area contributed by atoms with Crippen LogP contribution in [0.1, 0.15) is 24.5 Å². The molecule has 0 aromatic heterocycles. The first-order valence-electron chi connectivity index (χ1n) is 7.21. The lowest BCUT2D eigenvalue weighted by Gasteiger charge is -2.43. The molecule has 1 aliphatic heterocycles. The standard InChI is InChI=1S/C16H26N2O/c1-13-4-6-15(7-5-13)11-18-10-14(2)17(3)16(12-18)8-9-19/h4-7,14,16,19H,8-12H2,1-3H3. The third kappa shape index (κ3) is 3.78. The molecule has 0 radical (unpaired) electrons. The van der Waals surface area contributed by atoms with Crippen molar-refractivity contribution in [1.82, 2.24) is 9.80 Å². The Morgan fingerprint density at radius 1 is 1.21 bits per heavy atom. The van der Waals surface area contributed by atoms with Crippen LogP contribution in [-0.4, -0.2) is 53.7 Å². The fraction of sp³-hybridized carbons (Fsp3) is 0.625. The quantitative estimate of drug-likeness (QED) is 0.897. The van der Waals surface area contributed by atoms with E-state index in [-0.39, 0.29) is 6.61 Å². The van der Waals surface area contributed by atoms with Crippen LogP contribution in [0.5, 0.6) is 0 Å². The molecule has 0 amide bonds. The van der Waals surface area contributed by atoms with E-state index < -0.39 is 0 Å². The van der Waals surface area contributed by atoms with Crippen LogP contribution < -0.4 is 0 Å². The van der Waals surface area contributed by atoms with Gasteiger partial charge in [-0.1, -0.05) is 29.8 Å². The maximum Gasteiger partial charge on any atom is 0.0446 e. The summed E-state index contributed by atoms with van der Waals surface area (Å²) in [6.45, 7) is 7.84. The minimum atomic E-state index is 0.278. The molecule has 1 N–H and O–H groups in total. The Labute approximate surface area is 116 Å². The molecule has 1 aromatic carbocycles. The van der Waals surface area contributed by atoms with E-state index in [2.05, 4.69) is 55.0 Å². The lowest BCUT2D eigenvalue weighted by molar-refractivity contribution is 0.0352. The second kappa shape index (κ2) is 6.51. The molecule has 1 aromatic rings. The van der Waals surface area contributed by atoms with Gasteiger partial charge in [-0.25, -0.2) is 0 Å². The SMILES string of the molecule is Cc1ccc(CN2CC(C)N(C)C(CCO)C2)cc1. The van der Waals surface area contributed by atoms with Crippen molar-refractivity contribution in [1.29, 1.82) is 0 Å². The number of rotatable bonds is 4. The molecule has 1 aliphatic rings. The number of aryl methyl sites for hydroxylation is 1. The van der Waals surface area contributed by atoms with Gasteiger partial charge in [-0.15, -0.1) is 0 Å². The summed E-state index contributed by atoms with van der Waals surface area (Å²) in [5.74, 6) is 0. The maximum atomic E-state index is 9.18. The molecule has 2 atom stereocenters. The van der Waals surface area contributed by atoms with Crippen molar-refractivity contribution in [3.8, 4) is 0 Å². The first kappa shape index (κ1) is 14.5. The van der Waals surface area contributed by atoms with Crippen molar-refractivity contribution in [3.63, 3.8) is 0 Å². The average Bonchev–Trinajstić information content (AvgIpc) is 2.38. The number of benzene rings is 1. The second-order valence-corrected chi connectivity index (χ2v) is 5.86. The van der Waals surface area contributed by atoms with Crippen LogP contribution in [-0.2, 0) is 6.54 Å². The highest BCUT2D eigenvalue weighted by molar-refractivity contribution is 5.21. The normalized spacial score (nSPS) is 25.7. The highest BCUT2D eigenvalue weighted by Gasteiger charge is 2.28. The van der Waals surface area contributed by atoms with Gasteiger partial charge in [0.15, 0.2) is 0 Å². The average molecular weight is 262 g/mol. The van der Waals surface area contributed by atoms with Gasteiger partial charge in [0.25, 0.3) is 0 Å². The van der Waals surface area contributed by atoms with Gasteiger partial charge in [-0.05, 0) is 32.9 Å². The van der Waals surface area contributed by atoms with Crippen LogP contribution in [0, 0.1) is 6.92 Å². The fourth-order valence-electron chi connectivity index (χ4n) is 2.89. The van der Waals surface area contributed by atoms with E-state index in [1.165, 1.54) is 11.1 Å². The Morgan fingerprint density at radius 2 is 1.89 bits per heavy atom. The Bertz CT molecular complexity index is 390. The highest BCUT2D eigenvalue weighted by atomic mass is 16.3. The summed E-state index contributed by atoms with van der Waals surface area (Å²) in [7, 11) is 2.17. The number of likely N-dealkylation sites (N-methyl/N-ethyl adjacent to an activating group) is 1. The Kier molecular flexibility index (Phi) is 4.97. The van der Waals surface area contributed by atoms with Crippen molar-refractivity contribution in [2.45, 2.75) is 38.9 Å². The van der Waals surface area contributed by atoms with Crippen LogP contribution in [0.3, 0.4) is 0 Å². The smallest absolute Gasteiger partial charge is 0.0446 e. The number of hydrogen-bond acceptors (Lipinski definition) is 3. The van der Waals surface area contributed by atoms with E-state index in [4.69, 9.17) is 0 Å². The summed E-state index contributed by atoms with van der Waals surface area (Å²) < 4.78 is 0. The number of piperazine rings is 1. The van der Waals surface area contributed by atoms with Crippen LogP contribution in [0.25, 0.3) is 0 Å². The molecule has 3 heteroatoms. The number of hydrogen-bond donors (Lipinski definition) is 1. The summed E-state index contributed by atoms with van der Waals surface area (Å²) in [5.41, 5.74) is 2.69. The van der Waals surface area contributed by atoms with Gasteiger partial charge in [0.05, 0.1) is 0 Å². The minimum absolute atomic E-state index is 0.278. The van der Waals surface area contributed by atoms with Crippen molar-refractivity contribution in [3.05, 3.63) is 35.4 Å². The second-order valence-electron chi connectivity index (χ2n) is 5.86. The molecule has 1 fully saturated rings. The largest absolute Gasteiger partial charge is 0.396 e. The zero-order chi connectivity index (χ0) is 13.8. The number of aliphatic hydroxyl groups is 1. The number of aliphatic hydroxyl groups excluding tert-OH is 1. The lowest BCUT2D eigenvalue weighted by atomic mass is 10.0. The fourth-order valence-corrected chi connectivity index (χ4v) is 2.89. The van der Waals surface area contributed by atoms with Crippen LogP contribution in [0.2, 0.25) is 0 Å². The molecule has 3 nitrogen and oxygen atoms in total. The van der Waals surface area contributed by atoms with Gasteiger partial charge in [-0.3, -0.25) is 9.80 Å². The van der Waals surface area contributed by atoms with E-state index in [1.54, 1.807) is 0 Å².